The van der Waals surface area contributed by atoms with Gasteiger partial charge < -0.3 is 4.90 Å². The number of hydrogen-bond donors (Lipinski definition) is 2. The topological polar surface area (TPSA) is 128 Å². The summed E-state index contributed by atoms with van der Waals surface area (Å²) in [5.41, 5.74) is 0.245. The summed E-state index contributed by atoms with van der Waals surface area (Å²) in [6.07, 6.45) is 4.70. The molecule has 0 radical (unpaired) electrons. The van der Waals surface area contributed by atoms with Gasteiger partial charge in [-0.05, 0) is 50.3 Å². The van der Waals surface area contributed by atoms with Gasteiger partial charge in [-0.1, -0.05) is 0 Å². The number of carbonyl (C=O) groups is 2. The fourth-order valence-electron chi connectivity index (χ4n) is 3.78. The minimum Gasteiger partial charge on any atom is -0.340 e. The maximum atomic E-state index is 12.7. The Kier molecular flexibility index (Phi) is 4.09. The quantitative estimate of drug-likeness (QED) is 0.770. The third-order valence-electron chi connectivity index (χ3n) is 5.43. The summed E-state index contributed by atoms with van der Waals surface area (Å²) in [4.78, 5) is 31.3. The Hall–Kier alpha value is -2.95. The van der Waals surface area contributed by atoms with Gasteiger partial charge in [0.15, 0.2) is 0 Å². The number of H-pyrrole nitrogens is 1. The molecule has 2 N–H and O–H groups in total. The standard InChI is InChI=1S/C18H20N6O4S/c25-15(19-17-20-18(22-21-17)23-8-2-1-3-9-23)11-4-7-13-14(10-11)29(27,28)24(16(13)26)12-5-6-12/h4,7,10,12H,1-3,5-6,8-9H2,(H2,19,20,21,22,25). The van der Waals surface area contributed by atoms with E-state index in [2.05, 4.69) is 25.4 Å². The van der Waals surface area contributed by atoms with Gasteiger partial charge in [0, 0.05) is 24.7 Å². The highest BCUT2D eigenvalue weighted by Gasteiger charge is 2.48. The number of aromatic nitrogens is 3. The van der Waals surface area contributed by atoms with Crippen molar-refractivity contribution in [3.8, 4) is 0 Å². The SMILES string of the molecule is O=C(Nc1nc(N2CCCCC2)n[nH]1)c1ccc2c(c1)S(=O)(=O)N(C1CC1)C2=O. The van der Waals surface area contributed by atoms with Crippen molar-refractivity contribution in [2.24, 2.45) is 0 Å². The first-order valence-corrected chi connectivity index (χ1v) is 11.1. The van der Waals surface area contributed by atoms with Crippen molar-refractivity contribution in [2.45, 2.75) is 43.0 Å². The smallest absolute Gasteiger partial charge is 0.269 e. The Bertz CT molecular complexity index is 1100. The van der Waals surface area contributed by atoms with Crippen LogP contribution in [0.15, 0.2) is 23.1 Å². The third kappa shape index (κ3) is 3.05. The van der Waals surface area contributed by atoms with E-state index in [0.717, 1.165) is 30.2 Å². The van der Waals surface area contributed by atoms with Gasteiger partial charge in [-0.15, -0.1) is 5.10 Å². The Morgan fingerprint density at radius 3 is 2.66 bits per heavy atom. The zero-order valence-electron chi connectivity index (χ0n) is 15.6. The fraction of sp³-hybridized carbons (Fsp3) is 0.444. The number of piperidine rings is 1. The molecule has 3 heterocycles. The number of amides is 2. The second-order valence-corrected chi connectivity index (χ2v) is 9.32. The van der Waals surface area contributed by atoms with Crippen molar-refractivity contribution < 1.29 is 18.0 Å². The minimum atomic E-state index is -3.91. The van der Waals surface area contributed by atoms with Gasteiger partial charge in [0.1, 0.15) is 4.90 Å². The number of aromatic amines is 1. The van der Waals surface area contributed by atoms with Crippen LogP contribution in [0.2, 0.25) is 0 Å². The Labute approximate surface area is 167 Å². The van der Waals surface area contributed by atoms with Crippen LogP contribution in [0.25, 0.3) is 0 Å². The predicted octanol–water partition coefficient (Wildman–Crippen LogP) is 1.35. The summed E-state index contributed by atoms with van der Waals surface area (Å²) >= 11 is 0. The molecule has 5 rings (SSSR count). The number of nitrogens with zero attached hydrogens (tertiary/aromatic N) is 4. The van der Waals surface area contributed by atoms with Gasteiger partial charge in [-0.3, -0.25) is 14.9 Å². The predicted molar refractivity (Wildman–Crippen MR) is 103 cm³/mol. The fourth-order valence-corrected chi connectivity index (χ4v) is 5.62. The largest absolute Gasteiger partial charge is 0.340 e. The molecule has 1 aliphatic carbocycles. The number of nitrogens with one attached hydrogen (secondary N) is 2. The molecule has 1 aromatic carbocycles. The third-order valence-corrected chi connectivity index (χ3v) is 7.31. The molecule has 29 heavy (non-hydrogen) atoms. The zero-order valence-corrected chi connectivity index (χ0v) is 16.4. The van der Waals surface area contributed by atoms with Gasteiger partial charge in [0.25, 0.3) is 21.8 Å². The summed E-state index contributed by atoms with van der Waals surface area (Å²) in [6.45, 7) is 1.75. The Balaban J connectivity index is 1.36. The first-order valence-electron chi connectivity index (χ1n) is 9.67. The second-order valence-electron chi connectivity index (χ2n) is 7.53. The van der Waals surface area contributed by atoms with Crippen molar-refractivity contribution in [1.29, 1.82) is 0 Å². The highest BCUT2D eigenvalue weighted by molar-refractivity contribution is 7.90. The average molecular weight is 416 g/mol. The maximum Gasteiger partial charge on any atom is 0.269 e. The van der Waals surface area contributed by atoms with E-state index in [1.807, 2.05) is 0 Å². The van der Waals surface area contributed by atoms with Crippen LogP contribution in [-0.4, -0.2) is 58.9 Å². The summed E-state index contributed by atoms with van der Waals surface area (Å²) in [5.74, 6) is -0.325. The van der Waals surface area contributed by atoms with E-state index < -0.39 is 21.8 Å². The second kappa shape index (κ2) is 6.55. The molecule has 2 aliphatic heterocycles. The zero-order chi connectivity index (χ0) is 20.2. The first kappa shape index (κ1) is 18.1. The molecule has 1 aromatic heterocycles. The maximum absolute atomic E-state index is 12.7. The number of rotatable bonds is 4. The Morgan fingerprint density at radius 1 is 1.17 bits per heavy atom. The lowest BCUT2D eigenvalue weighted by atomic mass is 10.1. The van der Waals surface area contributed by atoms with Gasteiger partial charge in [0.2, 0.25) is 11.9 Å². The molecule has 11 heteroatoms. The Morgan fingerprint density at radius 2 is 1.93 bits per heavy atom. The highest BCUT2D eigenvalue weighted by Crippen LogP contribution is 2.39. The molecule has 0 spiro atoms. The van der Waals surface area contributed by atoms with E-state index >= 15 is 0 Å². The summed E-state index contributed by atoms with van der Waals surface area (Å²) < 4.78 is 26.4. The lowest BCUT2D eigenvalue weighted by Crippen LogP contribution is -2.31. The normalized spacial score (nSPS) is 20.6. The van der Waals surface area contributed by atoms with Crippen molar-refractivity contribution in [1.82, 2.24) is 19.5 Å². The summed E-state index contributed by atoms with van der Waals surface area (Å²) in [6, 6.07) is 3.83. The molecule has 0 atom stereocenters. The molecule has 1 saturated heterocycles. The summed E-state index contributed by atoms with van der Waals surface area (Å²) in [7, 11) is -3.91. The van der Waals surface area contributed by atoms with E-state index in [1.165, 1.54) is 24.6 Å². The number of benzene rings is 1. The summed E-state index contributed by atoms with van der Waals surface area (Å²) in [5, 5.41) is 9.44. The van der Waals surface area contributed by atoms with E-state index in [1.54, 1.807) is 0 Å². The molecule has 1 saturated carbocycles. The van der Waals surface area contributed by atoms with Gasteiger partial charge in [-0.2, -0.15) is 4.98 Å². The molecular weight excluding hydrogens is 396 g/mol. The van der Waals surface area contributed by atoms with Crippen molar-refractivity contribution in [3.05, 3.63) is 29.3 Å². The molecule has 0 bridgehead atoms. The minimum absolute atomic E-state index is 0.112. The number of fused-ring (bicyclic) bond motifs is 1. The van der Waals surface area contributed by atoms with Crippen LogP contribution in [0.4, 0.5) is 11.9 Å². The van der Waals surface area contributed by atoms with Crippen molar-refractivity contribution in [2.75, 3.05) is 23.3 Å². The molecule has 3 aliphatic rings. The monoisotopic (exact) mass is 416 g/mol. The van der Waals surface area contributed by atoms with E-state index in [4.69, 9.17) is 0 Å². The van der Waals surface area contributed by atoms with Gasteiger partial charge in [0.05, 0.1) is 5.56 Å². The van der Waals surface area contributed by atoms with Gasteiger partial charge >= 0.3 is 0 Å². The molecule has 2 aromatic rings. The molecule has 2 fully saturated rings. The average Bonchev–Trinajstić information content (AvgIpc) is 3.39. The van der Waals surface area contributed by atoms with Crippen LogP contribution in [0, 0.1) is 0 Å². The molecule has 152 valence electrons. The van der Waals surface area contributed by atoms with E-state index in [9.17, 15) is 18.0 Å². The van der Waals surface area contributed by atoms with Crippen LogP contribution in [0.5, 0.6) is 0 Å². The number of hydrogen-bond acceptors (Lipinski definition) is 7. The number of anilines is 2. The molecular formula is C18H20N6O4S. The van der Waals surface area contributed by atoms with Crippen LogP contribution in [0.1, 0.15) is 52.8 Å². The van der Waals surface area contributed by atoms with Crippen LogP contribution in [0.3, 0.4) is 0 Å². The lowest BCUT2D eigenvalue weighted by Gasteiger charge is -2.24. The molecule has 0 unspecified atom stereocenters. The molecule has 10 nitrogen and oxygen atoms in total. The first-order chi connectivity index (χ1) is 13.9. The number of sulfonamides is 1. The van der Waals surface area contributed by atoms with E-state index in [0.29, 0.717) is 18.8 Å². The van der Waals surface area contributed by atoms with Crippen LogP contribution < -0.4 is 10.2 Å². The number of carbonyl (C=O) groups excluding carboxylic acids is 2. The molecule has 2 amide bonds. The lowest BCUT2D eigenvalue weighted by molar-refractivity contribution is 0.0864. The van der Waals surface area contributed by atoms with Crippen molar-refractivity contribution >= 4 is 33.7 Å². The van der Waals surface area contributed by atoms with Crippen LogP contribution >= 0.6 is 0 Å². The van der Waals surface area contributed by atoms with Gasteiger partial charge in [-0.25, -0.2) is 17.8 Å². The highest BCUT2D eigenvalue weighted by atomic mass is 32.2. The van der Waals surface area contributed by atoms with E-state index in [-0.39, 0.29) is 28.0 Å². The van der Waals surface area contributed by atoms with Crippen molar-refractivity contribution in [3.63, 3.8) is 0 Å². The van der Waals surface area contributed by atoms with Crippen LogP contribution in [-0.2, 0) is 10.0 Å².